The molecule has 1 saturated carbocycles. The van der Waals surface area contributed by atoms with Gasteiger partial charge in [-0.25, -0.2) is 4.98 Å². The Morgan fingerprint density at radius 3 is 2.56 bits per heavy atom. The summed E-state index contributed by atoms with van der Waals surface area (Å²) in [7, 11) is 1.97. The van der Waals surface area contributed by atoms with Crippen molar-refractivity contribution in [2.24, 2.45) is 18.7 Å². The van der Waals surface area contributed by atoms with Gasteiger partial charge in [0.2, 0.25) is 0 Å². The highest BCUT2D eigenvalue weighted by atomic mass is 15.3. The molecular formula is C14H26N4. The molecule has 1 heterocycles. The second-order valence-corrected chi connectivity index (χ2v) is 6.02. The first-order valence-corrected chi connectivity index (χ1v) is 7.24. The lowest BCUT2D eigenvalue weighted by Crippen LogP contribution is -2.17. The van der Waals surface area contributed by atoms with Crippen LogP contribution in [0.4, 0.5) is 0 Å². The number of rotatable bonds is 4. The van der Waals surface area contributed by atoms with E-state index >= 15 is 0 Å². The van der Waals surface area contributed by atoms with Gasteiger partial charge in [-0.1, -0.05) is 33.1 Å². The van der Waals surface area contributed by atoms with Crippen LogP contribution in [-0.2, 0) is 7.05 Å². The first-order valence-electron chi connectivity index (χ1n) is 7.24. The molecule has 1 aromatic rings. The van der Waals surface area contributed by atoms with Gasteiger partial charge in [-0.15, -0.1) is 0 Å². The third-order valence-electron chi connectivity index (χ3n) is 3.84. The van der Waals surface area contributed by atoms with Crippen LogP contribution < -0.4 is 5.73 Å². The predicted octanol–water partition coefficient (Wildman–Crippen LogP) is 2.91. The molecule has 1 aliphatic carbocycles. The van der Waals surface area contributed by atoms with Crippen LogP contribution in [0.2, 0.25) is 0 Å². The van der Waals surface area contributed by atoms with E-state index in [0.717, 1.165) is 18.1 Å². The fourth-order valence-corrected chi connectivity index (χ4v) is 2.89. The van der Waals surface area contributed by atoms with Gasteiger partial charge in [-0.2, -0.15) is 5.10 Å². The van der Waals surface area contributed by atoms with E-state index in [0.29, 0.717) is 11.8 Å². The van der Waals surface area contributed by atoms with Crippen molar-refractivity contribution in [1.82, 2.24) is 14.8 Å². The van der Waals surface area contributed by atoms with E-state index in [4.69, 9.17) is 10.7 Å². The zero-order chi connectivity index (χ0) is 13.1. The first-order chi connectivity index (χ1) is 8.58. The minimum atomic E-state index is 0.0137. The van der Waals surface area contributed by atoms with Gasteiger partial charge < -0.3 is 5.73 Å². The average molecular weight is 250 g/mol. The van der Waals surface area contributed by atoms with Crippen molar-refractivity contribution in [2.45, 2.75) is 64.3 Å². The van der Waals surface area contributed by atoms with Crippen LogP contribution in [0, 0.1) is 5.92 Å². The van der Waals surface area contributed by atoms with Crippen LogP contribution in [0.15, 0.2) is 0 Å². The maximum atomic E-state index is 6.22. The molecule has 0 bridgehead atoms. The van der Waals surface area contributed by atoms with Gasteiger partial charge >= 0.3 is 0 Å². The molecule has 0 saturated heterocycles. The fraction of sp³-hybridized carbons (Fsp3) is 0.857. The van der Waals surface area contributed by atoms with Crippen LogP contribution in [0.5, 0.6) is 0 Å². The van der Waals surface area contributed by atoms with E-state index in [-0.39, 0.29) is 6.04 Å². The molecule has 2 N–H and O–H groups in total. The lowest BCUT2D eigenvalue weighted by atomic mass is 9.89. The molecule has 0 spiro atoms. The van der Waals surface area contributed by atoms with Gasteiger partial charge in [0.05, 0.1) is 6.04 Å². The van der Waals surface area contributed by atoms with Crippen molar-refractivity contribution in [2.75, 3.05) is 0 Å². The van der Waals surface area contributed by atoms with Gasteiger partial charge in [0, 0.05) is 13.0 Å². The van der Waals surface area contributed by atoms with Gasteiger partial charge in [-0.05, 0) is 25.2 Å². The van der Waals surface area contributed by atoms with Crippen LogP contribution in [-0.4, -0.2) is 14.8 Å². The lowest BCUT2D eigenvalue weighted by molar-refractivity contribution is 0.427. The highest BCUT2D eigenvalue weighted by Gasteiger charge is 2.23. The molecule has 0 aliphatic heterocycles. The number of hydrogen-bond acceptors (Lipinski definition) is 3. The number of aryl methyl sites for hydroxylation is 1. The Morgan fingerprint density at radius 2 is 1.94 bits per heavy atom. The monoisotopic (exact) mass is 250 g/mol. The Morgan fingerprint density at radius 1 is 1.28 bits per heavy atom. The smallest absolute Gasteiger partial charge is 0.154 e. The summed E-state index contributed by atoms with van der Waals surface area (Å²) in [6, 6.07) is 0.0137. The van der Waals surface area contributed by atoms with Gasteiger partial charge in [0.25, 0.3) is 0 Å². The highest BCUT2D eigenvalue weighted by Crippen LogP contribution is 2.31. The number of nitrogens with zero attached hydrogens (tertiary/aromatic N) is 3. The molecular weight excluding hydrogens is 224 g/mol. The third kappa shape index (κ3) is 3.10. The highest BCUT2D eigenvalue weighted by molar-refractivity contribution is 5.03. The van der Waals surface area contributed by atoms with Crippen LogP contribution >= 0.6 is 0 Å². The average Bonchev–Trinajstić information content (AvgIpc) is 2.72. The number of aromatic nitrogens is 3. The van der Waals surface area contributed by atoms with Gasteiger partial charge in [0.1, 0.15) is 5.82 Å². The summed E-state index contributed by atoms with van der Waals surface area (Å²) in [6.07, 6.45) is 7.44. The Hall–Kier alpha value is -0.900. The van der Waals surface area contributed by atoms with Crippen molar-refractivity contribution in [3.05, 3.63) is 11.6 Å². The Kier molecular flexibility index (Phi) is 4.38. The van der Waals surface area contributed by atoms with Crippen molar-refractivity contribution >= 4 is 0 Å². The van der Waals surface area contributed by atoms with Gasteiger partial charge in [-0.3, -0.25) is 4.68 Å². The topological polar surface area (TPSA) is 56.7 Å². The standard InChI is InChI=1S/C14H26N4/c1-10(2)9-12(15)14-16-13(17-18(14)3)11-7-5-4-6-8-11/h10-12H,4-9,15H2,1-3H3. The zero-order valence-electron chi connectivity index (χ0n) is 11.9. The molecule has 18 heavy (non-hydrogen) atoms. The summed E-state index contributed by atoms with van der Waals surface area (Å²) in [4.78, 5) is 4.71. The maximum Gasteiger partial charge on any atom is 0.154 e. The molecule has 1 aliphatic rings. The van der Waals surface area contributed by atoms with Crippen molar-refractivity contribution in [3.8, 4) is 0 Å². The van der Waals surface area contributed by atoms with E-state index in [1.54, 1.807) is 0 Å². The summed E-state index contributed by atoms with van der Waals surface area (Å²) >= 11 is 0. The summed E-state index contributed by atoms with van der Waals surface area (Å²) in [5.41, 5.74) is 6.22. The molecule has 0 aromatic carbocycles. The zero-order valence-corrected chi connectivity index (χ0v) is 11.9. The molecule has 1 fully saturated rings. The van der Waals surface area contributed by atoms with Crippen LogP contribution in [0.3, 0.4) is 0 Å². The predicted molar refractivity (Wildman–Crippen MR) is 73.2 cm³/mol. The summed E-state index contributed by atoms with van der Waals surface area (Å²) in [5.74, 6) is 3.12. The SMILES string of the molecule is CC(C)CC(N)c1nc(C2CCCCC2)nn1C. The second kappa shape index (κ2) is 5.83. The number of nitrogens with two attached hydrogens (primary N) is 1. The third-order valence-corrected chi connectivity index (χ3v) is 3.84. The fourth-order valence-electron chi connectivity index (χ4n) is 2.89. The molecule has 4 nitrogen and oxygen atoms in total. The summed E-state index contributed by atoms with van der Waals surface area (Å²) in [6.45, 7) is 4.39. The Balaban J connectivity index is 2.10. The molecule has 1 unspecified atom stereocenters. The molecule has 102 valence electrons. The normalized spacial score (nSPS) is 19.4. The minimum absolute atomic E-state index is 0.0137. The molecule has 2 rings (SSSR count). The molecule has 0 amide bonds. The van der Waals surface area contributed by atoms with E-state index in [2.05, 4.69) is 18.9 Å². The van der Waals surface area contributed by atoms with E-state index in [1.807, 2.05) is 11.7 Å². The van der Waals surface area contributed by atoms with Crippen molar-refractivity contribution in [3.63, 3.8) is 0 Å². The van der Waals surface area contributed by atoms with Crippen LogP contribution in [0.1, 0.15) is 76.0 Å². The van der Waals surface area contributed by atoms with Crippen LogP contribution in [0.25, 0.3) is 0 Å². The van der Waals surface area contributed by atoms with E-state index < -0.39 is 0 Å². The largest absolute Gasteiger partial charge is 0.321 e. The van der Waals surface area contributed by atoms with Crippen molar-refractivity contribution in [1.29, 1.82) is 0 Å². The van der Waals surface area contributed by atoms with Gasteiger partial charge in [0.15, 0.2) is 5.82 Å². The lowest BCUT2D eigenvalue weighted by Gasteiger charge is -2.18. The second-order valence-electron chi connectivity index (χ2n) is 6.02. The molecule has 1 aromatic heterocycles. The maximum absolute atomic E-state index is 6.22. The molecule has 0 radical (unpaired) electrons. The summed E-state index contributed by atoms with van der Waals surface area (Å²) in [5, 5.41) is 4.59. The molecule has 4 heteroatoms. The molecule has 1 atom stereocenters. The van der Waals surface area contributed by atoms with E-state index in [1.165, 1.54) is 32.1 Å². The Bertz CT molecular complexity index is 377. The number of hydrogen-bond donors (Lipinski definition) is 1. The minimum Gasteiger partial charge on any atom is -0.321 e. The Labute approximate surface area is 110 Å². The van der Waals surface area contributed by atoms with E-state index in [9.17, 15) is 0 Å². The quantitative estimate of drug-likeness (QED) is 0.894. The summed E-state index contributed by atoms with van der Waals surface area (Å²) < 4.78 is 1.89. The first kappa shape index (κ1) is 13.5. The van der Waals surface area contributed by atoms with Crippen molar-refractivity contribution < 1.29 is 0 Å².